The Hall–Kier alpha value is -4.51. The third kappa shape index (κ3) is 2.98. The number of para-hydroxylation sites is 1. The number of aromatic nitrogens is 8. The molecule has 0 spiro atoms. The van der Waals surface area contributed by atoms with Gasteiger partial charge in [-0.1, -0.05) is 24.3 Å². The summed E-state index contributed by atoms with van der Waals surface area (Å²) in [6.07, 6.45) is 4.09. The molecule has 7 aromatic rings. The Labute approximate surface area is 199 Å². The maximum Gasteiger partial charge on any atom is 0.323 e. The van der Waals surface area contributed by atoms with Crippen molar-refractivity contribution in [1.29, 1.82) is 0 Å². The molecule has 10 nitrogen and oxygen atoms in total. The number of benzene rings is 2. The van der Waals surface area contributed by atoms with Crippen LogP contribution in [-0.4, -0.2) is 39.5 Å². The SMILES string of the molecule is Cn1c2nc(Cc3cccc4[nH]c(=O)[nH]c34)sc2c2cnn(Cc3cccc4[nH]ncc34)c(=O)c21. The number of nitrogens with one attached hydrogen (secondary N) is 3. The van der Waals surface area contributed by atoms with Gasteiger partial charge in [0.05, 0.1) is 40.2 Å². The highest BCUT2D eigenvalue weighted by Crippen LogP contribution is 2.32. The van der Waals surface area contributed by atoms with Gasteiger partial charge in [0.25, 0.3) is 5.56 Å². The lowest BCUT2D eigenvalue weighted by molar-refractivity contribution is 0.647. The summed E-state index contributed by atoms with van der Waals surface area (Å²) >= 11 is 1.54. The smallest absolute Gasteiger partial charge is 0.323 e. The number of hydrogen-bond acceptors (Lipinski definition) is 6. The maximum absolute atomic E-state index is 13.4. The molecule has 172 valence electrons. The Morgan fingerprint density at radius 3 is 2.69 bits per heavy atom. The molecule has 0 bridgehead atoms. The zero-order valence-electron chi connectivity index (χ0n) is 18.5. The van der Waals surface area contributed by atoms with Crippen molar-refractivity contribution in [2.45, 2.75) is 13.0 Å². The molecule has 2 aromatic carbocycles. The average Bonchev–Trinajstić information content (AvgIpc) is 3.61. The van der Waals surface area contributed by atoms with E-state index in [0.29, 0.717) is 18.5 Å². The van der Waals surface area contributed by atoms with Crippen LogP contribution in [0.4, 0.5) is 0 Å². The van der Waals surface area contributed by atoms with E-state index in [1.54, 1.807) is 23.7 Å². The molecule has 0 aliphatic heterocycles. The first-order valence-corrected chi connectivity index (χ1v) is 11.8. The van der Waals surface area contributed by atoms with E-state index >= 15 is 0 Å². The fraction of sp³-hybridized carbons (Fsp3) is 0.125. The van der Waals surface area contributed by atoms with E-state index in [9.17, 15) is 9.59 Å². The third-order valence-electron chi connectivity index (χ3n) is 6.44. The van der Waals surface area contributed by atoms with Crippen molar-refractivity contribution < 1.29 is 0 Å². The van der Waals surface area contributed by atoms with Crippen LogP contribution in [0.25, 0.3) is 43.2 Å². The van der Waals surface area contributed by atoms with Gasteiger partial charge in [-0.3, -0.25) is 9.89 Å². The highest BCUT2D eigenvalue weighted by molar-refractivity contribution is 7.19. The lowest BCUT2D eigenvalue weighted by Crippen LogP contribution is -2.24. The van der Waals surface area contributed by atoms with Gasteiger partial charge >= 0.3 is 5.69 Å². The van der Waals surface area contributed by atoms with E-state index in [1.165, 1.54) is 4.68 Å². The number of imidazole rings is 1. The third-order valence-corrected chi connectivity index (χ3v) is 7.52. The Bertz CT molecular complexity index is 2030. The molecule has 11 heteroatoms. The summed E-state index contributed by atoms with van der Waals surface area (Å²) in [5.41, 5.74) is 5.39. The molecule has 7 rings (SSSR count). The second-order valence-electron chi connectivity index (χ2n) is 8.53. The van der Waals surface area contributed by atoms with Gasteiger partial charge in [0.1, 0.15) is 10.5 Å². The number of aryl methyl sites for hydroxylation is 1. The second kappa shape index (κ2) is 7.24. The van der Waals surface area contributed by atoms with Gasteiger partial charge in [0.15, 0.2) is 5.65 Å². The summed E-state index contributed by atoms with van der Waals surface area (Å²) in [5, 5.41) is 14.2. The molecule has 35 heavy (non-hydrogen) atoms. The number of fused-ring (bicyclic) bond motifs is 5. The van der Waals surface area contributed by atoms with E-state index in [-0.39, 0.29) is 11.2 Å². The van der Waals surface area contributed by atoms with Crippen molar-refractivity contribution in [3.63, 3.8) is 0 Å². The topological polar surface area (TPSA) is 130 Å². The van der Waals surface area contributed by atoms with Crippen molar-refractivity contribution in [2.75, 3.05) is 0 Å². The monoisotopic (exact) mass is 482 g/mol. The van der Waals surface area contributed by atoms with E-state index in [1.807, 2.05) is 48.0 Å². The molecule has 3 N–H and O–H groups in total. The molecule has 0 fully saturated rings. The van der Waals surface area contributed by atoms with Crippen LogP contribution in [0.15, 0.2) is 58.4 Å². The Morgan fingerprint density at radius 2 is 1.80 bits per heavy atom. The Kier molecular flexibility index (Phi) is 4.12. The highest BCUT2D eigenvalue weighted by Gasteiger charge is 2.19. The Morgan fingerprint density at radius 1 is 0.971 bits per heavy atom. The molecule has 0 amide bonds. The fourth-order valence-corrected chi connectivity index (χ4v) is 5.91. The predicted molar refractivity (Wildman–Crippen MR) is 135 cm³/mol. The molecule has 0 unspecified atom stereocenters. The molecule has 0 aliphatic carbocycles. The lowest BCUT2D eigenvalue weighted by Gasteiger charge is -2.07. The molecule has 0 saturated heterocycles. The van der Waals surface area contributed by atoms with Crippen molar-refractivity contribution in [2.24, 2.45) is 7.05 Å². The van der Waals surface area contributed by atoms with Gasteiger partial charge in [-0.15, -0.1) is 11.3 Å². The lowest BCUT2D eigenvalue weighted by atomic mass is 10.1. The molecule has 5 aromatic heterocycles. The number of thiazole rings is 1. The van der Waals surface area contributed by atoms with E-state index < -0.39 is 0 Å². The van der Waals surface area contributed by atoms with Gasteiger partial charge in [-0.25, -0.2) is 14.5 Å². The first-order valence-electron chi connectivity index (χ1n) is 11.0. The van der Waals surface area contributed by atoms with E-state index in [0.717, 1.165) is 53.8 Å². The van der Waals surface area contributed by atoms with Crippen LogP contribution in [0.2, 0.25) is 0 Å². The van der Waals surface area contributed by atoms with Gasteiger partial charge in [0.2, 0.25) is 0 Å². The van der Waals surface area contributed by atoms with E-state index in [4.69, 9.17) is 4.98 Å². The minimum atomic E-state index is -0.228. The van der Waals surface area contributed by atoms with Gasteiger partial charge < -0.3 is 14.5 Å². The predicted octanol–water partition coefficient (Wildman–Crippen LogP) is 3.03. The van der Waals surface area contributed by atoms with Crippen LogP contribution in [0.1, 0.15) is 16.1 Å². The molecule has 0 saturated carbocycles. The number of hydrogen-bond donors (Lipinski definition) is 3. The van der Waals surface area contributed by atoms with Crippen LogP contribution < -0.4 is 11.2 Å². The van der Waals surface area contributed by atoms with Gasteiger partial charge in [0, 0.05) is 24.2 Å². The summed E-state index contributed by atoms with van der Waals surface area (Å²) in [5.74, 6) is 0. The van der Waals surface area contributed by atoms with Crippen molar-refractivity contribution in [3.8, 4) is 0 Å². The second-order valence-corrected chi connectivity index (χ2v) is 9.62. The molecular weight excluding hydrogens is 464 g/mol. The highest BCUT2D eigenvalue weighted by atomic mass is 32.1. The quantitative estimate of drug-likeness (QED) is 0.355. The average molecular weight is 483 g/mol. The maximum atomic E-state index is 13.4. The molecule has 0 radical (unpaired) electrons. The number of aromatic amines is 3. The summed E-state index contributed by atoms with van der Waals surface area (Å²) < 4.78 is 4.26. The van der Waals surface area contributed by atoms with Crippen molar-refractivity contribution >= 4 is 54.5 Å². The summed E-state index contributed by atoms with van der Waals surface area (Å²) in [4.78, 5) is 35.6. The minimum absolute atomic E-state index is 0.160. The van der Waals surface area contributed by atoms with Crippen molar-refractivity contribution in [3.05, 3.63) is 85.8 Å². The normalized spacial score (nSPS) is 12.0. The van der Waals surface area contributed by atoms with Crippen LogP contribution >= 0.6 is 11.3 Å². The zero-order valence-corrected chi connectivity index (χ0v) is 19.3. The number of H-pyrrole nitrogens is 3. The van der Waals surface area contributed by atoms with Gasteiger partial charge in [-0.05, 0) is 23.3 Å². The van der Waals surface area contributed by atoms with Crippen LogP contribution in [0.3, 0.4) is 0 Å². The molecule has 0 aliphatic rings. The summed E-state index contributed by atoms with van der Waals surface area (Å²) in [6.45, 7) is 0.349. The molecular formula is C24H18N8O2S. The first-order chi connectivity index (χ1) is 17.1. The Balaban J connectivity index is 1.30. The number of rotatable bonds is 4. The molecule has 0 atom stereocenters. The standard InChI is InChI=1S/C24H18N8O2S/c1-31-20-15(10-26-32(23(20)33)11-13-5-3-6-16-14(13)9-25-30-16)21-22(31)28-18(35-21)8-12-4-2-7-17-19(12)29-24(34)27-17/h2-7,9-10H,8,11H2,1H3,(H,25,30)(H2,27,29,34). The summed E-state index contributed by atoms with van der Waals surface area (Å²) in [6, 6.07) is 11.6. The van der Waals surface area contributed by atoms with Crippen LogP contribution in [0, 0.1) is 0 Å². The van der Waals surface area contributed by atoms with Crippen LogP contribution in [0.5, 0.6) is 0 Å². The molecule has 5 heterocycles. The van der Waals surface area contributed by atoms with Crippen molar-refractivity contribution in [1.82, 2.24) is 39.5 Å². The fourth-order valence-electron chi connectivity index (χ4n) is 4.78. The van der Waals surface area contributed by atoms with Gasteiger partial charge in [-0.2, -0.15) is 10.2 Å². The van der Waals surface area contributed by atoms with Crippen LogP contribution in [-0.2, 0) is 20.0 Å². The first kappa shape index (κ1) is 19.9. The number of nitrogens with zero attached hydrogens (tertiary/aromatic N) is 5. The van der Waals surface area contributed by atoms with E-state index in [2.05, 4.69) is 25.3 Å². The minimum Gasteiger partial charge on any atom is -0.323 e. The summed E-state index contributed by atoms with van der Waals surface area (Å²) in [7, 11) is 1.86. The zero-order chi connectivity index (χ0) is 23.7. The largest absolute Gasteiger partial charge is 0.323 e.